The normalized spacial score (nSPS) is 10.5. The van der Waals surface area contributed by atoms with E-state index in [1.807, 2.05) is 0 Å². The van der Waals surface area contributed by atoms with Gasteiger partial charge in [0, 0.05) is 0 Å². The Balaban J connectivity index is 3.22. The molecule has 72 valence electrons. The molecule has 1 aromatic rings. The number of halogens is 3. The Labute approximate surface area is 78.5 Å². The van der Waals surface area contributed by atoms with Crippen molar-refractivity contribution in [3.63, 3.8) is 0 Å². The molecule has 0 amide bonds. The van der Waals surface area contributed by atoms with Gasteiger partial charge in [-0.05, 0) is 6.07 Å². The maximum atomic E-state index is 12.2. The Bertz CT molecular complexity index is 320. The van der Waals surface area contributed by atoms with Gasteiger partial charge in [-0.15, -0.1) is 0 Å². The second-order valence-electron chi connectivity index (χ2n) is 2.26. The number of methoxy groups -OCH3 is 1. The number of hydrogen-bond acceptors (Lipinski definition) is 3. The van der Waals surface area contributed by atoms with Crippen LogP contribution in [0, 0.1) is 0 Å². The van der Waals surface area contributed by atoms with E-state index >= 15 is 0 Å². The molecule has 0 saturated carbocycles. The van der Waals surface area contributed by atoms with Gasteiger partial charge < -0.3 is 10.5 Å². The number of nitrogens with zero attached hydrogens (tertiary/aromatic N) is 1. The maximum absolute atomic E-state index is 12.2. The third-order valence-electron chi connectivity index (χ3n) is 1.39. The van der Waals surface area contributed by atoms with Gasteiger partial charge in [0.15, 0.2) is 0 Å². The van der Waals surface area contributed by atoms with Crippen LogP contribution in [0.4, 0.5) is 14.5 Å². The van der Waals surface area contributed by atoms with E-state index in [9.17, 15) is 8.78 Å². The first kappa shape index (κ1) is 9.98. The van der Waals surface area contributed by atoms with Crippen molar-refractivity contribution in [1.82, 2.24) is 4.98 Å². The van der Waals surface area contributed by atoms with Crippen molar-refractivity contribution < 1.29 is 13.5 Å². The summed E-state index contributed by atoms with van der Waals surface area (Å²) in [6, 6.07) is 1.02. The summed E-state index contributed by atoms with van der Waals surface area (Å²) < 4.78 is 29.0. The van der Waals surface area contributed by atoms with Gasteiger partial charge in [-0.25, -0.2) is 13.8 Å². The number of hydrogen-bond donors (Lipinski definition) is 1. The molecule has 0 aliphatic heterocycles. The van der Waals surface area contributed by atoms with Crippen LogP contribution in [-0.2, 0) is 0 Å². The Kier molecular flexibility index (Phi) is 2.87. The number of alkyl halides is 2. The molecular formula is C7H7ClF2N2O. The number of aromatic nitrogens is 1. The Morgan fingerprint density at radius 2 is 2.23 bits per heavy atom. The molecule has 0 saturated heterocycles. The van der Waals surface area contributed by atoms with E-state index in [4.69, 9.17) is 17.3 Å². The van der Waals surface area contributed by atoms with Gasteiger partial charge in [0.05, 0.1) is 12.8 Å². The molecule has 0 radical (unpaired) electrons. The molecule has 1 aromatic heterocycles. The van der Waals surface area contributed by atoms with Crippen molar-refractivity contribution in [2.75, 3.05) is 12.8 Å². The lowest BCUT2D eigenvalue weighted by Gasteiger charge is -2.07. The molecular weight excluding hydrogens is 202 g/mol. The topological polar surface area (TPSA) is 48.1 Å². The highest BCUT2D eigenvalue weighted by Crippen LogP contribution is 2.31. The van der Waals surface area contributed by atoms with Crippen molar-refractivity contribution in [3.05, 3.63) is 16.8 Å². The lowest BCUT2D eigenvalue weighted by molar-refractivity contribution is 0.145. The number of nitrogens with two attached hydrogens (primary N) is 1. The van der Waals surface area contributed by atoms with Crippen molar-refractivity contribution in [3.8, 4) is 5.88 Å². The first-order valence-corrected chi connectivity index (χ1v) is 3.72. The van der Waals surface area contributed by atoms with Crippen LogP contribution in [0.2, 0.25) is 5.02 Å². The Hall–Kier alpha value is -1.10. The molecule has 6 heteroatoms. The minimum Gasteiger partial charge on any atom is -0.480 e. The zero-order valence-electron chi connectivity index (χ0n) is 6.72. The molecule has 1 rings (SSSR count). The zero-order chi connectivity index (χ0) is 10.0. The second kappa shape index (κ2) is 3.74. The highest BCUT2D eigenvalue weighted by molar-refractivity contribution is 6.34. The van der Waals surface area contributed by atoms with Crippen LogP contribution in [0.5, 0.6) is 5.88 Å². The van der Waals surface area contributed by atoms with Crippen molar-refractivity contribution in [2.24, 2.45) is 0 Å². The fourth-order valence-electron chi connectivity index (χ4n) is 0.792. The third kappa shape index (κ3) is 1.98. The van der Waals surface area contributed by atoms with E-state index in [2.05, 4.69) is 9.72 Å². The predicted molar refractivity (Wildman–Crippen MR) is 45.2 cm³/mol. The summed E-state index contributed by atoms with van der Waals surface area (Å²) in [6.07, 6.45) is -2.69. The van der Waals surface area contributed by atoms with Gasteiger partial charge in [-0.1, -0.05) is 11.6 Å². The number of rotatable bonds is 2. The van der Waals surface area contributed by atoms with Crippen LogP contribution in [0.15, 0.2) is 6.07 Å². The van der Waals surface area contributed by atoms with E-state index in [-0.39, 0.29) is 16.6 Å². The summed E-state index contributed by atoms with van der Waals surface area (Å²) >= 11 is 5.61. The molecule has 0 aromatic carbocycles. The van der Waals surface area contributed by atoms with Crippen LogP contribution in [0.25, 0.3) is 0 Å². The van der Waals surface area contributed by atoms with Crippen LogP contribution >= 0.6 is 11.6 Å². The lowest BCUT2D eigenvalue weighted by atomic mass is 10.3. The van der Waals surface area contributed by atoms with Gasteiger partial charge in [0.1, 0.15) is 10.7 Å². The number of anilines is 1. The molecule has 2 N–H and O–H groups in total. The molecule has 0 fully saturated rings. The third-order valence-corrected chi connectivity index (χ3v) is 1.77. The molecule has 0 aliphatic rings. The number of pyridine rings is 1. The molecule has 3 nitrogen and oxygen atoms in total. The quantitative estimate of drug-likeness (QED) is 0.811. The van der Waals surface area contributed by atoms with E-state index in [1.165, 1.54) is 7.11 Å². The predicted octanol–water partition coefficient (Wildman–Crippen LogP) is 2.26. The first-order valence-electron chi connectivity index (χ1n) is 3.34. The molecule has 0 bridgehead atoms. The van der Waals surface area contributed by atoms with Gasteiger partial charge >= 0.3 is 0 Å². The van der Waals surface area contributed by atoms with Gasteiger partial charge in [0.2, 0.25) is 5.88 Å². The highest BCUT2D eigenvalue weighted by Gasteiger charge is 2.15. The maximum Gasteiger partial charge on any atom is 0.280 e. The van der Waals surface area contributed by atoms with E-state index in [1.54, 1.807) is 0 Å². The van der Waals surface area contributed by atoms with Crippen LogP contribution in [0.1, 0.15) is 12.1 Å². The van der Waals surface area contributed by atoms with Gasteiger partial charge in [-0.3, -0.25) is 0 Å². The summed E-state index contributed by atoms with van der Waals surface area (Å²) in [5.41, 5.74) is 4.94. The van der Waals surface area contributed by atoms with Gasteiger partial charge in [-0.2, -0.15) is 0 Å². The van der Waals surface area contributed by atoms with Crippen LogP contribution in [-0.4, -0.2) is 12.1 Å². The Morgan fingerprint density at radius 3 is 2.69 bits per heavy atom. The second-order valence-corrected chi connectivity index (χ2v) is 2.64. The molecule has 0 unspecified atom stereocenters. The lowest BCUT2D eigenvalue weighted by Crippen LogP contribution is -1.99. The Morgan fingerprint density at radius 1 is 1.62 bits per heavy atom. The van der Waals surface area contributed by atoms with Crippen LogP contribution in [0.3, 0.4) is 0 Å². The fourth-order valence-corrected chi connectivity index (χ4v) is 0.966. The SMILES string of the molecule is COc1nc(C(F)F)cc(N)c1Cl. The van der Waals surface area contributed by atoms with Crippen molar-refractivity contribution in [1.29, 1.82) is 0 Å². The van der Waals surface area contributed by atoms with E-state index < -0.39 is 12.1 Å². The monoisotopic (exact) mass is 208 g/mol. The molecule has 0 spiro atoms. The van der Waals surface area contributed by atoms with Gasteiger partial charge in [0.25, 0.3) is 6.43 Å². The largest absolute Gasteiger partial charge is 0.480 e. The highest BCUT2D eigenvalue weighted by atomic mass is 35.5. The average Bonchev–Trinajstić information content (AvgIpc) is 2.09. The minimum absolute atomic E-state index is 0.0313. The summed E-state index contributed by atoms with van der Waals surface area (Å²) in [5.74, 6) is -0.0861. The molecule has 0 atom stereocenters. The summed E-state index contributed by atoms with van der Waals surface area (Å²) in [6.45, 7) is 0. The zero-order valence-corrected chi connectivity index (χ0v) is 7.48. The summed E-state index contributed by atoms with van der Waals surface area (Å²) in [7, 11) is 1.28. The standard InChI is InChI=1S/C7H7ClF2N2O/c1-13-7-5(8)3(11)2-4(12-7)6(9)10/h2,6H,1H3,(H2,11,12). The fraction of sp³-hybridized carbons (Fsp3) is 0.286. The summed E-state index contributed by atoms with van der Waals surface area (Å²) in [5, 5.41) is 0.0481. The van der Waals surface area contributed by atoms with E-state index in [0.717, 1.165) is 6.07 Å². The van der Waals surface area contributed by atoms with Crippen molar-refractivity contribution >= 4 is 17.3 Å². The smallest absolute Gasteiger partial charge is 0.280 e. The first-order chi connectivity index (χ1) is 6.06. The molecule has 0 aliphatic carbocycles. The van der Waals surface area contributed by atoms with E-state index in [0.29, 0.717) is 0 Å². The minimum atomic E-state index is -2.69. The average molecular weight is 209 g/mol. The van der Waals surface area contributed by atoms with Crippen LogP contribution < -0.4 is 10.5 Å². The summed E-state index contributed by atoms with van der Waals surface area (Å²) in [4.78, 5) is 3.47. The molecule has 1 heterocycles. The number of nitrogen functional groups attached to an aromatic ring is 1. The number of ether oxygens (including phenoxy) is 1. The van der Waals surface area contributed by atoms with Crippen molar-refractivity contribution in [2.45, 2.75) is 6.43 Å². The molecule has 13 heavy (non-hydrogen) atoms.